The maximum Gasteiger partial charge on any atom is 0.147 e. The molecule has 0 fully saturated rings. The van der Waals surface area contributed by atoms with E-state index in [4.69, 9.17) is 4.74 Å². The number of nitriles is 1. The predicted octanol–water partition coefficient (Wildman–Crippen LogP) is 6.14. The van der Waals surface area contributed by atoms with Crippen molar-refractivity contribution in [2.75, 3.05) is 6.61 Å². The number of hydrogen-bond donors (Lipinski definition) is 0. The molecular formula is C21H29N3OS. The lowest BCUT2D eigenvalue weighted by Crippen LogP contribution is -2.19. The largest absolute Gasteiger partial charge is 0.494 e. The van der Waals surface area contributed by atoms with Gasteiger partial charge in [-0.25, -0.2) is 0 Å². The van der Waals surface area contributed by atoms with Gasteiger partial charge in [-0.1, -0.05) is 57.3 Å². The van der Waals surface area contributed by atoms with Gasteiger partial charge in [0, 0.05) is 5.56 Å². The normalized spacial score (nSPS) is 13.2. The van der Waals surface area contributed by atoms with Gasteiger partial charge >= 0.3 is 0 Å². The Balaban J connectivity index is 1.99. The van der Waals surface area contributed by atoms with Crippen LogP contribution in [0.25, 0.3) is 10.6 Å². The quantitative estimate of drug-likeness (QED) is 0.445. The standard InChI is InChI=1S/C21H29N3OS/c1-4-6-8-9-15-25-18-12-10-17(11-13-18)19-23-24-20(26-19)21(3,16-22)14-7-5-2/h10-13H,4-9,14-15H2,1-3H3. The molecule has 1 heterocycles. The minimum Gasteiger partial charge on any atom is -0.494 e. The number of ether oxygens (including phenoxy) is 1. The Morgan fingerprint density at radius 3 is 2.42 bits per heavy atom. The minimum atomic E-state index is -0.548. The molecule has 0 N–H and O–H groups in total. The van der Waals surface area contributed by atoms with Crippen molar-refractivity contribution in [1.82, 2.24) is 10.2 Å². The van der Waals surface area contributed by atoms with E-state index in [0.717, 1.165) is 53.6 Å². The summed E-state index contributed by atoms with van der Waals surface area (Å²) < 4.78 is 5.79. The Bertz CT molecular complexity index is 705. The molecule has 1 atom stereocenters. The van der Waals surface area contributed by atoms with Gasteiger partial charge in [-0.15, -0.1) is 10.2 Å². The highest BCUT2D eigenvalue weighted by molar-refractivity contribution is 7.14. The molecule has 5 heteroatoms. The molecule has 0 amide bonds. The zero-order valence-corrected chi connectivity index (χ0v) is 16.9. The van der Waals surface area contributed by atoms with Crippen LogP contribution in [0, 0.1) is 11.3 Å². The minimum absolute atomic E-state index is 0.548. The first-order valence-electron chi connectivity index (χ1n) is 9.61. The van der Waals surface area contributed by atoms with Crippen molar-refractivity contribution >= 4 is 11.3 Å². The number of aromatic nitrogens is 2. The molecule has 0 saturated carbocycles. The zero-order valence-electron chi connectivity index (χ0n) is 16.1. The lowest BCUT2D eigenvalue weighted by molar-refractivity contribution is 0.305. The van der Waals surface area contributed by atoms with Crippen molar-refractivity contribution in [3.05, 3.63) is 29.3 Å². The van der Waals surface area contributed by atoms with Gasteiger partial charge in [-0.05, 0) is 44.0 Å². The van der Waals surface area contributed by atoms with Crippen molar-refractivity contribution in [2.45, 2.75) is 71.1 Å². The molecule has 0 bridgehead atoms. The SMILES string of the molecule is CCCCCCOc1ccc(-c2nnc(C(C)(C#N)CCCC)s2)cc1. The molecule has 4 nitrogen and oxygen atoms in total. The summed E-state index contributed by atoms with van der Waals surface area (Å²) in [7, 11) is 0. The summed E-state index contributed by atoms with van der Waals surface area (Å²) in [6.07, 6.45) is 7.73. The van der Waals surface area contributed by atoms with Gasteiger partial charge in [-0.2, -0.15) is 5.26 Å². The van der Waals surface area contributed by atoms with Crippen LogP contribution in [-0.4, -0.2) is 16.8 Å². The molecule has 0 aliphatic carbocycles. The van der Waals surface area contributed by atoms with Gasteiger partial charge in [0.25, 0.3) is 0 Å². The number of hydrogen-bond acceptors (Lipinski definition) is 5. The van der Waals surface area contributed by atoms with Gasteiger partial charge in [0.15, 0.2) is 0 Å². The fourth-order valence-electron chi connectivity index (χ4n) is 2.72. The molecule has 1 unspecified atom stereocenters. The van der Waals surface area contributed by atoms with Crippen LogP contribution in [0.15, 0.2) is 24.3 Å². The fraction of sp³-hybridized carbons (Fsp3) is 0.571. The lowest BCUT2D eigenvalue weighted by atomic mass is 9.87. The topological polar surface area (TPSA) is 58.8 Å². The zero-order chi connectivity index (χ0) is 18.8. The Labute approximate surface area is 161 Å². The van der Waals surface area contributed by atoms with Crippen LogP contribution in [0.4, 0.5) is 0 Å². The molecule has 2 aromatic rings. The molecule has 0 spiro atoms. The molecule has 1 aromatic carbocycles. The fourth-order valence-corrected chi connectivity index (χ4v) is 3.69. The van der Waals surface area contributed by atoms with Gasteiger partial charge < -0.3 is 4.74 Å². The highest BCUT2D eigenvalue weighted by atomic mass is 32.1. The molecule has 140 valence electrons. The number of nitrogens with zero attached hydrogens (tertiary/aromatic N) is 3. The van der Waals surface area contributed by atoms with Gasteiger partial charge in [0.1, 0.15) is 21.2 Å². The highest BCUT2D eigenvalue weighted by Crippen LogP contribution is 2.34. The Morgan fingerprint density at radius 1 is 1.04 bits per heavy atom. The van der Waals surface area contributed by atoms with E-state index in [1.165, 1.54) is 30.6 Å². The first kappa shape index (κ1) is 20.4. The summed E-state index contributed by atoms with van der Waals surface area (Å²) in [5.41, 5.74) is 0.468. The summed E-state index contributed by atoms with van der Waals surface area (Å²) in [6.45, 7) is 7.07. The van der Waals surface area contributed by atoms with E-state index < -0.39 is 5.41 Å². The van der Waals surface area contributed by atoms with Crippen molar-refractivity contribution in [2.24, 2.45) is 0 Å². The average Bonchev–Trinajstić information content (AvgIpc) is 3.17. The number of benzene rings is 1. The molecule has 1 aromatic heterocycles. The van der Waals surface area contributed by atoms with Gasteiger partial charge in [0.05, 0.1) is 12.7 Å². The average molecular weight is 372 g/mol. The van der Waals surface area contributed by atoms with E-state index in [1.807, 2.05) is 31.2 Å². The second-order valence-electron chi connectivity index (χ2n) is 6.89. The molecule has 2 rings (SSSR count). The maximum atomic E-state index is 9.59. The highest BCUT2D eigenvalue weighted by Gasteiger charge is 2.30. The monoisotopic (exact) mass is 371 g/mol. The summed E-state index contributed by atoms with van der Waals surface area (Å²) in [5.74, 6) is 0.889. The third-order valence-electron chi connectivity index (χ3n) is 4.54. The van der Waals surface area contributed by atoms with Crippen LogP contribution in [0.2, 0.25) is 0 Å². The number of rotatable bonds is 11. The summed E-state index contributed by atoms with van der Waals surface area (Å²) >= 11 is 1.52. The molecular weight excluding hydrogens is 342 g/mol. The van der Waals surface area contributed by atoms with Crippen molar-refractivity contribution in [3.8, 4) is 22.4 Å². The van der Waals surface area contributed by atoms with E-state index in [0.29, 0.717) is 0 Å². The summed E-state index contributed by atoms with van der Waals surface area (Å²) in [4.78, 5) is 0. The maximum absolute atomic E-state index is 9.59. The molecule has 0 aliphatic rings. The van der Waals surface area contributed by atoms with Crippen LogP contribution >= 0.6 is 11.3 Å². The molecule has 0 radical (unpaired) electrons. The van der Waals surface area contributed by atoms with Crippen molar-refractivity contribution in [3.63, 3.8) is 0 Å². The smallest absolute Gasteiger partial charge is 0.147 e. The van der Waals surface area contributed by atoms with E-state index in [2.05, 4.69) is 30.1 Å². The van der Waals surface area contributed by atoms with Crippen LogP contribution in [0.3, 0.4) is 0 Å². The lowest BCUT2D eigenvalue weighted by Gasteiger charge is -2.16. The van der Waals surface area contributed by atoms with Crippen LogP contribution in [0.5, 0.6) is 5.75 Å². The van der Waals surface area contributed by atoms with Crippen LogP contribution in [0.1, 0.15) is 70.7 Å². The second kappa shape index (κ2) is 10.3. The van der Waals surface area contributed by atoms with Crippen LogP contribution in [-0.2, 0) is 5.41 Å². The van der Waals surface area contributed by atoms with E-state index in [-0.39, 0.29) is 0 Å². The van der Waals surface area contributed by atoms with Crippen molar-refractivity contribution < 1.29 is 4.74 Å². The Hall–Kier alpha value is -1.93. The van der Waals surface area contributed by atoms with Crippen LogP contribution < -0.4 is 4.74 Å². The van der Waals surface area contributed by atoms with E-state index in [9.17, 15) is 5.26 Å². The Kier molecular flexibility index (Phi) is 8.06. The summed E-state index contributed by atoms with van der Waals surface area (Å²) in [6, 6.07) is 10.4. The first-order valence-corrected chi connectivity index (χ1v) is 10.4. The van der Waals surface area contributed by atoms with Crippen molar-refractivity contribution in [1.29, 1.82) is 5.26 Å². The molecule has 26 heavy (non-hydrogen) atoms. The second-order valence-corrected chi connectivity index (χ2v) is 7.87. The van der Waals surface area contributed by atoms with E-state index in [1.54, 1.807) is 0 Å². The van der Waals surface area contributed by atoms with Gasteiger partial charge in [-0.3, -0.25) is 0 Å². The molecule has 0 aliphatic heterocycles. The first-order chi connectivity index (χ1) is 12.6. The van der Waals surface area contributed by atoms with E-state index >= 15 is 0 Å². The summed E-state index contributed by atoms with van der Waals surface area (Å²) in [5, 5.41) is 19.9. The number of unbranched alkanes of at least 4 members (excludes halogenated alkanes) is 4. The third kappa shape index (κ3) is 5.54. The Morgan fingerprint density at radius 2 is 1.77 bits per heavy atom. The predicted molar refractivity (Wildman–Crippen MR) is 107 cm³/mol. The molecule has 0 saturated heterocycles. The third-order valence-corrected chi connectivity index (χ3v) is 5.78. The van der Waals surface area contributed by atoms with Gasteiger partial charge in [0.2, 0.25) is 0 Å².